The van der Waals surface area contributed by atoms with Gasteiger partial charge in [0.15, 0.2) is 6.61 Å². The summed E-state index contributed by atoms with van der Waals surface area (Å²) in [6.45, 7) is 0.624. The number of ether oxygens (including phenoxy) is 1. The zero-order chi connectivity index (χ0) is 19.8. The van der Waals surface area contributed by atoms with Crippen molar-refractivity contribution in [3.63, 3.8) is 0 Å². The van der Waals surface area contributed by atoms with Crippen LogP contribution in [-0.2, 0) is 9.53 Å². The molecule has 3 fully saturated rings. The van der Waals surface area contributed by atoms with E-state index in [2.05, 4.69) is 0 Å². The molecule has 0 radical (unpaired) electrons. The Labute approximate surface area is 171 Å². The predicted octanol–water partition coefficient (Wildman–Crippen LogP) is 4.45. The molecule has 3 aliphatic rings. The Balaban J connectivity index is 1.31. The van der Waals surface area contributed by atoms with Gasteiger partial charge in [0.05, 0.1) is 11.1 Å². The Morgan fingerprint density at radius 2 is 1.83 bits per heavy atom. The standard InChI is InChI=1S/C24H28N2O3/c27-23(26-13-5-7-17-6-1-4-10-22(17)26)15-29-24(28)19-14-21(16-11-12-16)25-20-9-3-2-8-18(19)20/h2-3,8-9,14,16-17,22H,1,4-7,10-13,15H2/t17-,22-/m0/s1. The lowest BCUT2D eigenvalue weighted by Crippen LogP contribution is -2.50. The number of esters is 1. The van der Waals surface area contributed by atoms with Gasteiger partial charge in [-0.05, 0) is 56.6 Å². The molecule has 2 heterocycles. The molecule has 2 saturated carbocycles. The van der Waals surface area contributed by atoms with Crippen molar-refractivity contribution in [3.05, 3.63) is 41.6 Å². The second kappa shape index (κ2) is 7.77. The molecule has 2 aliphatic carbocycles. The van der Waals surface area contributed by atoms with E-state index in [0.29, 0.717) is 23.4 Å². The van der Waals surface area contributed by atoms with E-state index >= 15 is 0 Å². The molecule has 0 bridgehead atoms. The first-order chi connectivity index (χ1) is 14.2. The minimum absolute atomic E-state index is 0.0456. The summed E-state index contributed by atoms with van der Waals surface area (Å²) in [6.07, 6.45) is 9.30. The van der Waals surface area contributed by atoms with E-state index in [1.807, 2.05) is 35.2 Å². The molecule has 5 rings (SSSR count). The van der Waals surface area contributed by atoms with Crippen molar-refractivity contribution in [2.75, 3.05) is 13.2 Å². The third-order valence-electron chi connectivity index (χ3n) is 6.84. The minimum atomic E-state index is -0.420. The fourth-order valence-corrected chi connectivity index (χ4v) is 5.18. The van der Waals surface area contributed by atoms with Crippen LogP contribution < -0.4 is 0 Å². The van der Waals surface area contributed by atoms with Gasteiger partial charge in [-0.2, -0.15) is 0 Å². The van der Waals surface area contributed by atoms with Gasteiger partial charge in [-0.25, -0.2) is 4.79 Å². The van der Waals surface area contributed by atoms with Crippen LogP contribution in [0.2, 0.25) is 0 Å². The molecule has 1 saturated heterocycles. The zero-order valence-electron chi connectivity index (χ0n) is 16.8. The van der Waals surface area contributed by atoms with E-state index in [0.717, 1.165) is 48.8 Å². The van der Waals surface area contributed by atoms with Crippen molar-refractivity contribution in [2.45, 2.75) is 63.3 Å². The van der Waals surface area contributed by atoms with Crippen molar-refractivity contribution >= 4 is 22.8 Å². The zero-order valence-corrected chi connectivity index (χ0v) is 16.8. The maximum absolute atomic E-state index is 12.9. The van der Waals surface area contributed by atoms with Gasteiger partial charge in [-0.3, -0.25) is 9.78 Å². The number of hydrogen-bond acceptors (Lipinski definition) is 4. The number of pyridine rings is 1. The van der Waals surface area contributed by atoms with Crippen LogP contribution in [0.25, 0.3) is 10.9 Å². The number of benzene rings is 1. The van der Waals surface area contributed by atoms with Crippen LogP contribution in [-0.4, -0.2) is 41.0 Å². The first-order valence-corrected chi connectivity index (χ1v) is 11.1. The largest absolute Gasteiger partial charge is 0.452 e. The summed E-state index contributed by atoms with van der Waals surface area (Å²) in [5.74, 6) is 0.610. The maximum atomic E-state index is 12.9. The number of amides is 1. The SMILES string of the molecule is O=C(OCC(=O)N1CCC[C@@H]2CCCC[C@@H]21)c1cc(C2CC2)nc2ccccc12. The Morgan fingerprint density at radius 3 is 2.69 bits per heavy atom. The van der Waals surface area contributed by atoms with E-state index in [1.54, 1.807) is 0 Å². The van der Waals surface area contributed by atoms with Crippen molar-refractivity contribution in [3.8, 4) is 0 Å². The summed E-state index contributed by atoms with van der Waals surface area (Å²) in [5, 5.41) is 0.791. The van der Waals surface area contributed by atoms with Crippen LogP contribution >= 0.6 is 0 Å². The lowest BCUT2D eigenvalue weighted by Gasteiger charge is -2.44. The lowest BCUT2D eigenvalue weighted by atomic mass is 9.78. The number of hydrogen-bond donors (Lipinski definition) is 0. The van der Waals surface area contributed by atoms with Crippen LogP contribution in [0.5, 0.6) is 0 Å². The molecule has 5 heteroatoms. The van der Waals surface area contributed by atoms with Crippen molar-refractivity contribution in [1.29, 1.82) is 0 Å². The third kappa shape index (κ3) is 3.75. The molecular weight excluding hydrogens is 364 g/mol. The maximum Gasteiger partial charge on any atom is 0.339 e. The summed E-state index contributed by atoms with van der Waals surface area (Å²) in [5.41, 5.74) is 2.30. The molecule has 0 N–H and O–H groups in total. The van der Waals surface area contributed by atoms with E-state index in [1.165, 1.54) is 25.7 Å². The van der Waals surface area contributed by atoms with Crippen molar-refractivity contribution in [1.82, 2.24) is 9.88 Å². The minimum Gasteiger partial charge on any atom is -0.452 e. The smallest absolute Gasteiger partial charge is 0.339 e. The number of piperidine rings is 1. The Hall–Kier alpha value is -2.43. The number of para-hydroxylation sites is 1. The Bertz CT molecular complexity index is 935. The van der Waals surface area contributed by atoms with E-state index in [-0.39, 0.29) is 12.5 Å². The highest BCUT2D eigenvalue weighted by atomic mass is 16.5. The third-order valence-corrected chi connectivity index (χ3v) is 6.84. The van der Waals surface area contributed by atoms with Crippen molar-refractivity contribution in [2.24, 2.45) is 5.92 Å². The number of likely N-dealkylation sites (tertiary alicyclic amines) is 1. The van der Waals surface area contributed by atoms with Crippen LogP contribution in [0.15, 0.2) is 30.3 Å². The summed E-state index contributed by atoms with van der Waals surface area (Å²) < 4.78 is 5.53. The highest BCUT2D eigenvalue weighted by molar-refractivity contribution is 6.04. The van der Waals surface area contributed by atoms with Gasteiger partial charge in [0.1, 0.15) is 0 Å². The molecule has 5 nitrogen and oxygen atoms in total. The molecule has 1 amide bonds. The van der Waals surface area contributed by atoms with Gasteiger partial charge < -0.3 is 9.64 Å². The summed E-state index contributed by atoms with van der Waals surface area (Å²) >= 11 is 0. The molecule has 0 unspecified atom stereocenters. The number of rotatable bonds is 4. The van der Waals surface area contributed by atoms with E-state index in [9.17, 15) is 9.59 Å². The van der Waals surface area contributed by atoms with Crippen molar-refractivity contribution < 1.29 is 14.3 Å². The quantitative estimate of drug-likeness (QED) is 0.721. The number of carbonyl (C=O) groups is 2. The van der Waals surface area contributed by atoms with Gasteiger partial charge in [0.25, 0.3) is 5.91 Å². The molecule has 29 heavy (non-hydrogen) atoms. The van der Waals surface area contributed by atoms with Crippen LogP contribution in [0, 0.1) is 5.92 Å². The monoisotopic (exact) mass is 392 g/mol. The highest BCUT2D eigenvalue weighted by Gasteiger charge is 2.36. The predicted molar refractivity (Wildman–Crippen MR) is 111 cm³/mol. The van der Waals surface area contributed by atoms with Crippen LogP contribution in [0.1, 0.15) is 73.3 Å². The molecule has 0 spiro atoms. The van der Waals surface area contributed by atoms with Gasteiger partial charge in [0, 0.05) is 29.6 Å². The van der Waals surface area contributed by atoms with E-state index in [4.69, 9.17) is 9.72 Å². The topological polar surface area (TPSA) is 59.5 Å². The second-order valence-electron chi connectivity index (χ2n) is 8.80. The second-order valence-corrected chi connectivity index (χ2v) is 8.80. The number of carbonyl (C=O) groups excluding carboxylic acids is 2. The molecule has 1 aromatic heterocycles. The summed E-state index contributed by atoms with van der Waals surface area (Å²) in [6, 6.07) is 9.87. The van der Waals surface area contributed by atoms with Crippen LogP contribution in [0.4, 0.5) is 0 Å². The lowest BCUT2D eigenvalue weighted by molar-refractivity contribution is -0.140. The molecule has 152 valence electrons. The average molecular weight is 392 g/mol. The molecule has 1 aromatic carbocycles. The van der Waals surface area contributed by atoms with Crippen LogP contribution in [0.3, 0.4) is 0 Å². The molecule has 2 aromatic rings. The van der Waals surface area contributed by atoms with Gasteiger partial charge >= 0.3 is 5.97 Å². The van der Waals surface area contributed by atoms with Gasteiger partial charge in [0.2, 0.25) is 0 Å². The number of aromatic nitrogens is 1. The average Bonchev–Trinajstić information content (AvgIpc) is 3.61. The first-order valence-electron chi connectivity index (χ1n) is 11.1. The molecule has 2 atom stereocenters. The highest BCUT2D eigenvalue weighted by Crippen LogP contribution is 2.40. The number of nitrogens with zero attached hydrogens (tertiary/aromatic N) is 2. The Morgan fingerprint density at radius 1 is 1.03 bits per heavy atom. The normalized spacial score (nSPS) is 24.2. The molecular formula is C24H28N2O3. The Kier molecular flexibility index (Phi) is 4.98. The first kappa shape index (κ1) is 18.6. The fraction of sp³-hybridized carbons (Fsp3) is 0.542. The summed E-state index contributed by atoms with van der Waals surface area (Å²) in [7, 11) is 0. The summed E-state index contributed by atoms with van der Waals surface area (Å²) in [4.78, 5) is 32.5. The van der Waals surface area contributed by atoms with Gasteiger partial charge in [-0.15, -0.1) is 0 Å². The van der Waals surface area contributed by atoms with E-state index < -0.39 is 5.97 Å². The van der Waals surface area contributed by atoms with Gasteiger partial charge in [-0.1, -0.05) is 31.0 Å². The number of fused-ring (bicyclic) bond motifs is 2. The molecule has 1 aliphatic heterocycles. The fourth-order valence-electron chi connectivity index (χ4n) is 5.18.